The number of halogens is 4. The molecule has 28 heavy (non-hydrogen) atoms. The van der Waals surface area contributed by atoms with Crippen LogP contribution in [0.5, 0.6) is 0 Å². The van der Waals surface area contributed by atoms with E-state index >= 15 is 0 Å². The summed E-state index contributed by atoms with van der Waals surface area (Å²) in [5.74, 6) is -0.641. The fraction of sp³-hybridized carbons (Fsp3) is 0.176. The second-order valence-electron chi connectivity index (χ2n) is 5.73. The van der Waals surface area contributed by atoms with Crippen LogP contribution >= 0.6 is 11.6 Å². The Morgan fingerprint density at radius 2 is 1.96 bits per heavy atom. The molecule has 0 spiro atoms. The summed E-state index contributed by atoms with van der Waals surface area (Å²) in [6.45, 7) is 1.32. The van der Waals surface area contributed by atoms with Gasteiger partial charge in [-0.15, -0.1) is 0 Å². The number of hydrogen-bond acceptors (Lipinski definition) is 4. The summed E-state index contributed by atoms with van der Waals surface area (Å²) in [7, 11) is 0. The van der Waals surface area contributed by atoms with E-state index < -0.39 is 24.3 Å². The Labute approximate surface area is 162 Å². The van der Waals surface area contributed by atoms with Gasteiger partial charge in [-0.3, -0.25) is 9.48 Å². The Hall–Kier alpha value is -3.14. The minimum absolute atomic E-state index is 0.309. The Morgan fingerprint density at radius 1 is 1.25 bits per heavy atom. The van der Waals surface area contributed by atoms with E-state index in [1.165, 1.54) is 10.9 Å². The van der Waals surface area contributed by atoms with Gasteiger partial charge in [0, 0.05) is 6.20 Å². The zero-order valence-electron chi connectivity index (χ0n) is 14.5. The predicted octanol–water partition coefficient (Wildman–Crippen LogP) is 3.20. The molecule has 146 valence electrons. The fourth-order valence-corrected chi connectivity index (χ4v) is 2.67. The van der Waals surface area contributed by atoms with Crippen molar-refractivity contribution in [3.8, 4) is 5.69 Å². The van der Waals surface area contributed by atoms with Gasteiger partial charge in [0.15, 0.2) is 5.69 Å². The van der Waals surface area contributed by atoms with Gasteiger partial charge in [-0.25, -0.2) is 10.1 Å². The Bertz CT molecular complexity index is 1010. The molecule has 7 nitrogen and oxygen atoms in total. The van der Waals surface area contributed by atoms with E-state index in [-0.39, 0.29) is 0 Å². The molecular formula is C17H14ClF3N6O. The molecule has 0 atom stereocenters. The minimum atomic E-state index is -4.56. The van der Waals surface area contributed by atoms with E-state index in [1.54, 1.807) is 6.92 Å². The third kappa shape index (κ3) is 4.39. The van der Waals surface area contributed by atoms with Crippen LogP contribution in [0.2, 0.25) is 5.15 Å². The highest BCUT2D eigenvalue weighted by molar-refractivity contribution is 6.32. The highest BCUT2D eigenvalue weighted by Gasteiger charge is 2.33. The van der Waals surface area contributed by atoms with Gasteiger partial charge in [0.25, 0.3) is 5.91 Å². The lowest BCUT2D eigenvalue weighted by atomic mass is 10.3. The number of nitrogens with one attached hydrogen (secondary N) is 1. The number of amides is 1. The molecule has 0 saturated carbocycles. The van der Waals surface area contributed by atoms with Crippen LogP contribution in [0.25, 0.3) is 5.69 Å². The maximum atomic E-state index is 12.5. The predicted molar refractivity (Wildman–Crippen MR) is 96.3 cm³/mol. The zero-order valence-corrected chi connectivity index (χ0v) is 15.2. The summed E-state index contributed by atoms with van der Waals surface area (Å²) in [5, 5.41) is 11.7. The maximum Gasteiger partial charge on any atom is 0.435 e. The van der Waals surface area contributed by atoms with Crippen molar-refractivity contribution >= 4 is 23.7 Å². The fourth-order valence-electron chi connectivity index (χ4n) is 2.35. The monoisotopic (exact) mass is 410 g/mol. The second-order valence-corrected chi connectivity index (χ2v) is 6.08. The van der Waals surface area contributed by atoms with Crippen LogP contribution in [0.4, 0.5) is 13.2 Å². The molecule has 0 unspecified atom stereocenters. The van der Waals surface area contributed by atoms with E-state index in [1.807, 2.05) is 30.3 Å². The third-order valence-electron chi connectivity index (χ3n) is 3.67. The molecule has 3 aromatic rings. The van der Waals surface area contributed by atoms with Gasteiger partial charge < -0.3 is 0 Å². The molecule has 0 bridgehead atoms. The van der Waals surface area contributed by atoms with E-state index in [9.17, 15) is 18.0 Å². The van der Waals surface area contributed by atoms with Crippen LogP contribution in [-0.4, -0.2) is 31.7 Å². The lowest BCUT2D eigenvalue weighted by Crippen LogP contribution is -2.23. The standard InChI is InChI=1S/C17H14ClF3N6O/c1-11-13(16(18)27(24-11)12-5-3-2-4-6-12)9-22-23-15(28)10-26-8-7-14(25-26)17(19,20)21/h2-9H,10H2,1H3,(H,23,28). The first-order chi connectivity index (χ1) is 13.3. The smallest absolute Gasteiger partial charge is 0.271 e. The van der Waals surface area contributed by atoms with Crippen LogP contribution in [0, 0.1) is 6.92 Å². The Balaban J connectivity index is 1.65. The van der Waals surface area contributed by atoms with Gasteiger partial charge in [-0.2, -0.15) is 28.5 Å². The molecule has 2 heterocycles. The first-order valence-corrected chi connectivity index (χ1v) is 8.36. The number of rotatable bonds is 5. The normalized spacial score (nSPS) is 11.9. The average molecular weight is 411 g/mol. The molecule has 11 heteroatoms. The second kappa shape index (κ2) is 7.85. The molecule has 1 amide bonds. The Kier molecular flexibility index (Phi) is 5.50. The van der Waals surface area contributed by atoms with Crippen molar-refractivity contribution in [1.29, 1.82) is 0 Å². The molecule has 0 fully saturated rings. The van der Waals surface area contributed by atoms with E-state index in [0.717, 1.165) is 22.6 Å². The summed E-state index contributed by atoms with van der Waals surface area (Å²) < 4.78 is 39.9. The summed E-state index contributed by atoms with van der Waals surface area (Å²) in [6.07, 6.45) is -2.17. The summed E-state index contributed by atoms with van der Waals surface area (Å²) >= 11 is 6.33. The molecule has 0 aliphatic carbocycles. The first kappa shape index (κ1) is 19.6. The largest absolute Gasteiger partial charge is 0.435 e. The quantitative estimate of drug-likeness (QED) is 0.518. The summed E-state index contributed by atoms with van der Waals surface area (Å²) in [5.41, 5.74) is 3.01. The number of aromatic nitrogens is 4. The van der Waals surface area contributed by atoms with Crippen LogP contribution in [0.15, 0.2) is 47.7 Å². The number of hydrogen-bond donors (Lipinski definition) is 1. The van der Waals surface area contributed by atoms with Crippen molar-refractivity contribution in [3.05, 3.63) is 64.7 Å². The van der Waals surface area contributed by atoms with Gasteiger partial charge in [0.05, 0.1) is 23.2 Å². The van der Waals surface area contributed by atoms with Crippen LogP contribution in [-0.2, 0) is 17.5 Å². The van der Waals surface area contributed by atoms with Gasteiger partial charge in [-0.1, -0.05) is 29.8 Å². The van der Waals surface area contributed by atoms with Gasteiger partial charge in [-0.05, 0) is 25.1 Å². The average Bonchev–Trinajstić information content (AvgIpc) is 3.22. The number of aryl methyl sites for hydroxylation is 1. The number of carbonyl (C=O) groups excluding carboxylic acids is 1. The van der Waals surface area contributed by atoms with Crippen LogP contribution in [0.3, 0.4) is 0 Å². The molecule has 1 aromatic carbocycles. The van der Waals surface area contributed by atoms with E-state index in [0.29, 0.717) is 16.4 Å². The lowest BCUT2D eigenvalue weighted by molar-refractivity contribution is -0.141. The Morgan fingerprint density at radius 3 is 2.61 bits per heavy atom. The van der Waals surface area contributed by atoms with Crippen LogP contribution < -0.4 is 5.43 Å². The number of para-hydroxylation sites is 1. The molecule has 2 aromatic heterocycles. The van der Waals surface area contributed by atoms with Crippen molar-refractivity contribution in [2.75, 3.05) is 0 Å². The van der Waals surface area contributed by atoms with E-state index in [2.05, 4.69) is 20.7 Å². The van der Waals surface area contributed by atoms with Crippen molar-refractivity contribution in [1.82, 2.24) is 25.0 Å². The van der Waals surface area contributed by atoms with Gasteiger partial charge in [0.2, 0.25) is 0 Å². The highest BCUT2D eigenvalue weighted by Crippen LogP contribution is 2.27. The summed E-state index contributed by atoms with van der Waals surface area (Å²) in [4.78, 5) is 11.8. The molecule has 3 rings (SSSR count). The number of hydrazone groups is 1. The van der Waals surface area contributed by atoms with Crippen molar-refractivity contribution in [3.63, 3.8) is 0 Å². The summed E-state index contributed by atoms with van der Waals surface area (Å²) in [6, 6.07) is 10.0. The maximum absolute atomic E-state index is 12.5. The number of benzene rings is 1. The van der Waals surface area contributed by atoms with Crippen molar-refractivity contribution in [2.45, 2.75) is 19.6 Å². The molecule has 1 N–H and O–H groups in total. The molecule has 0 radical (unpaired) electrons. The molecule has 0 saturated heterocycles. The topological polar surface area (TPSA) is 77.1 Å². The minimum Gasteiger partial charge on any atom is -0.271 e. The van der Waals surface area contributed by atoms with Crippen LogP contribution in [0.1, 0.15) is 17.0 Å². The first-order valence-electron chi connectivity index (χ1n) is 7.99. The molecular weight excluding hydrogens is 397 g/mol. The number of nitrogens with zero attached hydrogens (tertiary/aromatic N) is 5. The lowest BCUT2D eigenvalue weighted by Gasteiger charge is -2.02. The molecule has 0 aliphatic rings. The zero-order chi connectivity index (χ0) is 20.3. The number of carbonyl (C=O) groups is 1. The van der Waals surface area contributed by atoms with E-state index in [4.69, 9.17) is 11.6 Å². The van der Waals surface area contributed by atoms with Gasteiger partial charge >= 0.3 is 6.18 Å². The SMILES string of the molecule is Cc1nn(-c2ccccc2)c(Cl)c1C=NNC(=O)Cn1ccc(C(F)(F)F)n1. The third-order valence-corrected chi connectivity index (χ3v) is 4.03. The highest BCUT2D eigenvalue weighted by atomic mass is 35.5. The van der Waals surface area contributed by atoms with Crippen molar-refractivity contribution in [2.24, 2.45) is 5.10 Å². The number of alkyl halides is 3. The van der Waals surface area contributed by atoms with Gasteiger partial charge in [0.1, 0.15) is 11.7 Å². The molecule has 0 aliphatic heterocycles. The van der Waals surface area contributed by atoms with Crippen molar-refractivity contribution < 1.29 is 18.0 Å².